The van der Waals surface area contributed by atoms with Crippen LogP contribution < -0.4 is 4.74 Å². The van der Waals surface area contributed by atoms with Crippen LogP contribution in [-0.4, -0.2) is 28.9 Å². The van der Waals surface area contributed by atoms with E-state index in [1.807, 2.05) is 31.2 Å². The average molecular weight is 389 g/mol. The lowest BCUT2D eigenvalue weighted by molar-refractivity contribution is -0.384. The Balaban J connectivity index is 1.89. The fourth-order valence-corrected chi connectivity index (χ4v) is 3.30. The van der Waals surface area contributed by atoms with E-state index in [4.69, 9.17) is 16.3 Å². The molecular formula is C20H21ClN2O4. The third-order valence-corrected chi connectivity index (χ3v) is 5.28. The Morgan fingerprint density at radius 2 is 1.96 bits per heavy atom. The Morgan fingerprint density at radius 1 is 1.30 bits per heavy atom. The molecule has 7 heteroatoms. The smallest absolute Gasteiger partial charge is 0.288 e. The highest BCUT2D eigenvalue weighted by atomic mass is 35.5. The maximum atomic E-state index is 13.2. The summed E-state index contributed by atoms with van der Waals surface area (Å²) in [7, 11) is 1.60. The van der Waals surface area contributed by atoms with Crippen molar-refractivity contribution in [2.24, 2.45) is 5.92 Å². The molecule has 1 fully saturated rings. The quantitative estimate of drug-likeness (QED) is 0.509. The predicted octanol–water partition coefficient (Wildman–Crippen LogP) is 4.70. The van der Waals surface area contributed by atoms with Crippen LogP contribution in [0.2, 0.25) is 5.02 Å². The van der Waals surface area contributed by atoms with Gasteiger partial charge in [0.25, 0.3) is 11.6 Å². The first-order valence-corrected chi connectivity index (χ1v) is 9.16. The second kappa shape index (κ2) is 7.96. The number of hydrogen-bond acceptors (Lipinski definition) is 4. The summed E-state index contributed by atoms with van der Waals surface area (Å²) in [5.41, 5.74) is 0.984. The van der Waals surface area contributed by atoms with Crippen molar-refractivity contribution in [2.75, 3.05) is 7.11 Å². The molecule has 1 atom stereocenters. The van der Waals surface area contributed by atoms with E-state index in [9.17, 15) is 14.9 Å². The summed E-state index contributed by atoms with van der Waals surface area (Å²) in [6.07, 6.45) is 2.18. The molecule has 0 radical (unpaired) electrons. The zero-order valence-electron chi connectivity index (χ0n) is 15.2. The van der Waals surface area contributed by atoms with E-state index in [1.54, 1.807) is 12.0 Å². The van der Waals surface area contributed by atoms with Crippen LogP contribution in [0, 0.1) is 16.0 Å². The van der Waals surface area contributed by atoms with E-state index in [-0.39, 0.29) is 28.2 Å². The number of nitrogens with zero attached hydrogens (tertiary/aromatic N) is 2. The van der Waals surface area contributed by atoms with Gasteiger partial charge < -0.3 is 9.64 Å². The number of ether oxygens (including phenoxy) is 1. The van der Waals surface area contributed by atoms with Gasteiger partial charge in [0.2, 0.25) is 0 Å². The molecule has 142 valence electrons. The first-order valence-electron chi connectivity index (χ1n) is 8.78. The molecule has 2 aromatic carbocycles. The fraction of sp³-hybridized carbons (Fsp3) is 0.350. The summed E-state index contributed by atoms with van der Waals surface area (Å²) in [4.78, 5) is 25.5. The molecular weight excluding hydrogens is 368 g/mol. The molecule has 1 aliphatic rings. The molecule has 0 saturated heterocycles. The number of amides is 1. The molecule has 27 heavy (non-hydrogen) atoms. The topological polar surface area (TPSA) is 72.7 Å². The Labute approximate surface area is 162 Å². The highest BCUT2D eigenvalue weighted by molar-refractivity contribution is 6.32. The van der Waals surface area contributed by atoms with Crippen molar-refractivity contribution in [3.8, 4) is 5.75 Å². The van der Waals surface area contributed by atoms with Crippen LogP contribution in [0.1, 0.15) is 35.7 Å². The van der Waals surface area contributed by atoms with E-state index in [0.29, 0.717) is 12.5 Å². The number of nitro benzene ring substituents is 1. The molecule has 0 aliphatic heterocycles. The molecule has 0 aromatic heterocycles. The molecule has 3 rings (SSSR count). The van der Waals surface area contributed by atoms with Crippen LogP contribution in [0.4, 0.5) is 5.69 Å². The van der Waals surface area contributed by atoms with E-state index < -0.39 is 4.92 Å². The van der Waals surface area contributed by atoms with Gasteiger partial charge in [0, 0.05) is 24.2 Å². The van der Waals surface area contributed by atoms with E-state index >= 15 is 0 Å². The largest absolute Gasteiger partial charge is 0.497 e. The molecule has 0 N–H and O–H groups in total. The first-order chi connectivity index (χ1) is 12.9. The SMILES string of the molecule is COc1ccc(CN(C(=O)c2ccc(Cl)c([N+](=O)[O-])c2)C(C)C2CC2)cc1. The van der Waals surface area contributed by atoms with Gasteiger partial charge in [-0.25, -0.2) is 0 Å². The van der Waals surface area contributed by atoms with Gasteiger partial charge in [0.15, 0.2) is 0 Å². The van der Waals surface area contributed by atoms with Crippen molar-refractivity contribution >= 4 is 23.2 Å². The maximum absolute atomic E-state index is 13.2. The lowest BCUT2D eigenvalue weighted by Gasteiger charge is -2.30. The van der Waals surface area contributed by atoms with Gasteiger partial charge >= 0.3 is 0 Å². The number of nitro groups is 1. The lowest BCUT2D eigenvalue weighted by Crippen LogP contribution is -2.39. The molecule has 0 heterocycles. The van der Waals surface area contributed by atoms with Crippen LogP contribution in [0.25, 0.3) is 0 Å². The number of hydrogen-bond donors (Lipinski definition) is 0. The normalized spacial score (nSPS) is 14.5. The fourth-order valence-electron chi connectivity index (χ4n) is 3.11. The average Bonchev–Trinajstić information content (AvgIpc) is 3.51. The summed E-state index contributed by atoms with van der Waals surface area (Å²) in [5.74, 6) is 0.986. The first kappa shape index (κ1) is 19.2. The van der Waals surface area contributed by atoms with Crippen molar-refractivity contribution in [3.05, 3.63) is 68.7 Å². The highest BCUT2D eigenvalue weighted by Gasteiger charge is 2.35. The second-order valence-electron chi connectivity index (χ2n) is 6.78. The molecule has 2 aromatic rings. The minimum Gasteiger partial charge on any atom is -0.497 e. The van der Waals surface area contributed by atoms with Gasteiger partial charge in [0.1, 0.15) is 10.8 Å². The van der Waals surface area contributed by atoms with E-state index in [2.05, 4.69) is 0 Å². The number of benzene rings is 2. The maximum Gasteiger partial charge on any atom is 0.288 e. The molecule has 1 amide bonds. The molecule has 1 saturated carbocycles. The number of carbonyl (C=O) groups excluding carboxylic acids is 1. The van der Waals surface area contributed by atoms with Gasteiger partial charge in [-0.05, 0) is 55.5 Å². The van der Waals surface area contributed by atoms with Crippen LogP contribution in [0.5, 0.6) is 5.75 Å². The van der Waals surface area contributed by atoms with Crippen molar-refractivity contribution in [1.29, 1.82) is 0 Å². The molecule has 1 aliphatic carbocycles. The Hall–Kier alpha value is -2.60. The third-order valence-electron chi connectivity index (χ3n) is 4.96. The van der Waals surface area contributed by atoms with Crippen LogP contribution >= 0.6 is 11.6 Å². The predicted molar refractivity (Wildman–Crippen MR) is 103 cm³/mol. The minimum absolute atomic E-state index is 0.0218. The third kappa shape index (κ3) is 4.39. The standard InChI is InChI=1S/C20H21ClN2O4/c1-13(15-5-6-15)22(12-14-3-8-17(27-2)9-4-14)20(24)16-7-10-18(21)19(11-16)23(25)26/h3-4,7-11,13,15H,5-6,12H2,1-2H3. The number of halogens is 1. The summed E-state index contributed by atoms with van der Waals surface area (Å²) >= 11 is 5.88. The summed E-state index contributed by atoms with van der Waals surface area (Å²) < 4.78 is 5.18. The molecule has 6 nitrogen and oxygen atoms in total. The van der Waals surface area contributed by atoms with Crippen LogP contribution in [0.15, 0.2) is 42.5 Å². The van der Waals surface area contributed by atoms with Crippen molar-refractivity contribution in [1.82, 2.24) is 4.90 Å². The Morgan fingerprint density at radius 3 is 2.52 bits per heavy atom. The van der Waals surface area contributed by atoms with Gasteiger partial charge in [-0.1, -0.05) is 23.7 Å². The molecule has 0 spiro atoms. The van der Waals surface area contributed by atoms with Gasteiger partial charge in [-0.15, -0.1) is 0 Å². The van der Waals surface area contributed by atoms with Gasteiger partial charge in [0.05, 0.1) is 12.0 Å². The zero-order chi connectivity index (χ0) is 19.6. The summed E-state index contributed by atoms with van der Waals surface area (Å²) in [6.45, 7) is 2.46. The van der Waals surface area contributed by atoms with Crippen molar-refractivity contribution in [2.45, 2.75) is 32.4 Å². The second-order valence-corrected chi connectivity index (χ2v) is 7.19. The van der Waals surface area contributed by atoms with Crippen molar-refractivity contribution in [3.63, 3.8) is 0 Å². The minimum atomic E-state index is -0.572. The zero-order valence-corrected chi connectivity index (χ0v) is 16.0. The summed E-state index contributed by atoms with van der Waals surface area (Å²) in [6, 6.07) is 11.8. The monoisotopic (exact) mass is 388 g/mol. The highest BCUT2D eigenvalue weighted by Crippen LogP contribution is 2.36. The lowest BCUT2D eigenvalue weighted by atomic mass is 10.1. The number of carbonyl (C=O) groups is 1. The number of methoxy groups -OCH3 is 1. The van der Waals surface area contributed by atoms with E-state index in [0.717, 1.165) is 24.2 Å². The Kier molecular flexibility index (Phi) is 5.65. The van der Waals surface area contributed by atoms with E-state index in [1.165, 1.54) is 18.2 Å². The van der Waals surface area contributed by atoms with Gasteiger partial charge in [-0.2, -0.15) is 0 Å². The van der Waals surface area contributed by atoms with Crippen molar-refractivity contribution < 1.29 is 14.5 Å². The van der Waals surface area contributed by atoms with Crippen LogP contribution in [0.3, 0.4) is 0 Å². The number of rotatable bonds is 7. The molecule has 0 bridgehead atoms. The van der Waals surface area contributed by atoms with Crippen LogP contribution in [-0.2, 0) is 6.54 Å². The van der Waals surface area contributed by atoms with Gasteiger partial charge in [-0.3, -0.25) is 14.9 Å². The molecule has 1 unspecified atom stereocenters. The Bertz CT molecular complexity index is 850. The summed E-state index contributed by atoms with van der Waals surface area (Å²) in [5, 5.41) is 11.2.